The van der Waals surface area contributed by atoms with Gasteiger partial charge >= 0.3 is 0 Å². The molecule has 8 nitrogen and oxygen atoms in total. The van der Waals surface area contributed by atoms with Crippen LogP contribution in [0.4, 0.5) is 5.69 Å². The van der Waals surface area contributed by atoms with E-state index in [1.165, 1.54) is 36.9 Å². The average Bonchev–Trinajstić information content (AvgIpc) is 3.58. The van der Waals surface area contributed by atoms with Crippen LogP contribution in [0.25, 0.3) is 0 Å². The second kappa shape index (κ2) is 9.61. The highest BCUT2D eigenvalue weighted by atomic mass is 32.2. The first-order valence-corrected chi connectivity index (χ1v) is 12.9. The smallest absolute Gasteiger partial charge is 0.268 e. The van der Waals surface area contributed by atoms with Gasteiger partial charge < -0.3 is 19.1 Å². The molecule has 1 aliphatic carbocycles. The first-order chi connectivity index (χ1) is 15.8. The Balaban J connectivity index is 1.37. The van der Waals surface area contributed by atoms with Crippen LogP contribution in [0.5, 0.6) is 17.2 Å². The van der Waals surface area contributed by atoms with E-state index < -0.39 is 16.1 Å². The minimum atomic E-state index is -3.26. The van der Waals surface area contributed by atoms with Crippen LogP contribution in [-0.4, -0.2) is 64.8 Å². The summed E-state index contributed by atoms with van der Waals surface area (Å²) >= 11 is 0. The van der Waals surface area contributed by atoms with Gasteiger partial charge in [-0.25, -0.2) is 12.7 Å². The molecule has 1 saturated heterocycles. The molecule has 33 heavy (non-hydrogen) atoms. The molecule has 1 heterocycles. The SMILES string of the molecule is COc1cc(N2CC[C@H](Oc3ccc(C4CC4)cc3)C2=O)ccc1OCCN(C)S(C)(=O)=O. The number of anilines is 1. The molecule has 1 aliphatic heterocycles. The highest BCUT2D eigenvalue weighted by Gasteiger charge is 2.35. The van der Waals surface area contributed by atoms with Crippen molar-refractivity contribution in [3.8, 4) is 17.2 Å². The standard InChI is InChI=1S/C24H30N2O6S/c1-25(33(3,28)29)14-15-31-21-11-8-19(16-23(21)30-2)26-13-12-22(24(26)27)32-20-9-6-18(7-10-20)17-4-5-17/h6-11,16-17,22H,4-5,12-15H2,1-3H3/t22-/m0/s1. The Hall–Kier alpha value is -2.78. The molecule has 0 N–H and O–H groups in total. The van der Waals surface area contributed by atoms with Gasteiger partial charge in [-0.15, -0.1) is 0 Å². The maximum Gasteiger partial charge on any atom is 0.268 e. The largest absolute Gasteiger partial charge is 0.493 e. The molecule has 4 rings (SSSR count). The van der Waals surface area contributed by atoms with E-state index in [2.05, 4.69) is 12.1 Å². The fourth-order valence-corrected chi connectivity index (χ4v) is 4.22. The zero-order valence-electron chi connectivity index (χ0n) is 19.2. The number of methoxy groups -OCH3 is 1. The molecule has 0 aromatic heterocycles. The van der Waals surface area contributed by atoms with Gasteiger partial charge in [-0.1, -0.05) is 12.1 Å². The highest BCUT2D eigenvalue weighted by Crippen LogP contribution is 2.40. The van der Waals surface area contributed by atoms with Gasteiger partial charge in [0.25, 0.3) is 5.91 Å². The van der Waals surface area contributed by atoms with Crippen molar-refractivity contribution in [2.75, 3.05) is 45.0 Å². The third-order valence-electron chi connectivity index (χ3n) is 6.05. The van der Waals surface area contributed by atoms with Gasteiger partial charge in [-0.3, -0.25) is 4.79 Å². The molecule has 2 aromatic carbocycles. The van der Waals surface area contributed by atoms with Gasteiger partial charge in [-0.05, 0) is 48.6 Å². The molecular weight excluding hydrogens is 444 g/mol. The van der Waals surface area contributed by atoms with Crippen LogP contribution in [0.15, 0.2) is 42.5 Å². The number of carbonyl (C=O) groups excluding carboxylic acids is 1. The van der Waals surface area contributed by atoms with Crippen molar-refractivity contribution in [2.24, 2.45) is 0 Å². The first-order valence-electron chi connectivity index (χ1n) is 11.1. The van der Waals surface area contributed by atoms with Crippen LogP contribution in [0.2, 0.25) is 0 Å². The number of benzene rings is 2. The van der Waals surface area contributed by atoms with E-state index in [0.717, 1.165) is 6.26 Å². The van der Waals surface area contributed by atoms with Crippen LogP contribution in [0, 0.1) is 0 Å². The summed E-state index contributed by atoms with van der Waals surface area (Å²) in [6.07, 6.45) is 3.73. The molecule has 1 atom stereocenters. The summed E-state index contributed by atoms with van der Waals surface area (Å²) in [6.45, 7) is 0.943. The van der Waals surface area contributed by atoms with E-state index in [1.54, 1.807) is 23.1 Å². The molecular formula is C24H30N2O6S. The van der Waals surface area contributed by atoms with Crippen LogP contribution in [0.1, 0.15) is 30.7 Å². The monoisotopic (exact) mass is 474 g/mol. The minimum Gasteiger partial charge on any atom is -0.493 e. The fourth-order valence-electron chi connectivity index (χ4n) is 3.81. The van der Waals surface area contributed by atoms with Gasteiger partial charge in [-0.2, -0.15) is 0 Å². The number of sulfonamides is 1. The molecule has 0 bridgehead atoms. The maximum absolute atomic E-state index is 13.0. The molecule has 0 spiro atoms. The predicted octanol–water partition coefficient (Wildman–Crippen LogP) is 3.03. The topological polar surface area (TPSA) is 85.4 Å². The van der Waals surface area contributed by atoms with Crippen molar-refractivity contribution in [3.63, 3.8) is 0 Å². The molecule has 9 heteroatoms. The Labute approximate surface area is 195 Å². The van der Waals surface area contributed by atoms with Gasteiger partial charge in [0.05, 0.1) is 13.4 Å². The summed E-state index contributed by atoms with van der Waals surface area (Å²) in [6, 6.07) is 13.3. The fraction of sp³-hybridized carbons (Fsp3) is 0.458. The van der Waals surface area contributed by atoms with E-state index in [4.69, 9.17) is 14.2 Å². The van der Waals surface area contributed by atoms with Gasteiger partial charge in [0, 0.05) is 38.3 Å². The van der Waals surface area contributed by atoms with E-state index in [1.807, 2.05) is 12.1 Å². The van der Waals surface area contributed by atoms with Crippen molar-refractivity contribution < 1.29 is 27.4 Å². The van der Waals surface area contributed by atoms with Crippen molar-refractivity contribution in [2.45, 2.75) is 31.3 Å². The van der Waals surface area contributed by atoms with Gasteiger partial charge in [0.2, 0.25) is 10.0 Å². The number of amides is 1. The summed E-state index contributed by atoms with van der Waals surface area (Å²) < 4.78 is 41.3. The molecule has 2 aromatic rings. The van der Waals surface area contributed by atoms with Crippen molar-refractivity contribution in [3.05, 3.63) is 48.0 Å². The predicted molar refractivity (Wildman–Crippen MR) is 126 cm³/mol. The second-order valence-electron chi connectivity index (χ2n) is 8.50. The molecule has 0 unspecified atom stereocenters. The van der Waals surface area contributed by atoms with E-state index >= 15 is 0 Å². The minimum absolute atomic E-state index is 0.0910. The maximum atomic E-state index is 13.0. The number of likely N-dealkylation sites (N-methyl/N-ethyl adjacent to an activating group) is 1. The molecule has 1 amide bonds. The summed E-state index contributed by atoms with van der Waals surface area (Å²) in [4.78, 5) is 14.7. The zero-order valence-corrected chi connectivity index (χ0v) is 20.0. The Morgan fingerprint density at radius 1 is 1.06 bits per heavy atom. The third kappa shape index (κ3) is 5.59. The lowest BCUT2D eigenvalue weighted by Crippen LogP contribution is -2.32. The normalized spacial score (nSPS) is 18.6. The van der Waals surface area contributed by atoms with Crippen LogP contribution < -0.4 is 19.1 Å². The van der Waals surface area contributed by atoms with Crippen LogP contribution in [0.3, 0.4) is 0 Å². The summed E-state index contributed by atoms with van der Waals surface area (Å²) in [7, 11) is -0.239. The second-order valence-corrected chi connectivity index (χ2v) is 10.6. The van der Waals surface area contributed by atoms with E-state index in [9.17, 15) is 13.2 Å². The molecule has 1 saturated carbocycles. The number of carbonyl (C=O) groups is 1. The van der Waals surface area contributed by atoms with Crippen LogP contribution >= 0.6 is 0 Å². The highest BCUT2D eigenvalue weighted by molar-refractivity contribution is 7.88. The third-order valence-corrected chi connectivity index (χ3v) is 7.37. The number of hydrogen-bond acceptors (Lipinski definition) is 6. The lowest BCUT2D eigenvalue weighted by atomic mass is 10.1. The number of rotatable bonds is 10. The summed E-state index contributed by atoms with van der Waals surface area (Å²) in [5.74, 6) is 2.26. The Morgan fingerprint density at radius 2 is 1.79 bits per heavy atom. The Kier molecular flexibility index (Phi) is 6.81. The lowest BCUT2D eigenvalue weighted by molar-refractivity contribution is -0.122. The average molecular weight is 475 g/mol. The number of hydrogen-bond donors (Lipinski definition) is 0. The molecule has 178 valence electrons. The molecule has 0 radical (unpaired) electrons. The number of ether oxygens (including phenoxy) is 3. The summed E-state index contributed by atoms with van der Waals surface area (Å²) in [5, 5.41) is 0. The van der Waals surface area contributed by atoms with Gasteiger partial charge in [0.15, 0.2) is 17.6 Å². The zero-order chi connectivity index (χ0) is 23.6. The Morgan fingerprint density at radius 3 is 2.42 bits per heavy atom. The van der Waals surface area contributed by atoms with Crippen LogP contribution in [-0.2, 0) is 14.8 Å². The van der Waals surface area contributed by atoms with Gasteiger partial charge in [0.1, 0.15) is 12.4 Å². The molecule has 2 fully saturated rings. The Bertz CT molecular complexity index is 1100. The lowest BCUT2D eigenvalue weighted by Gasteiger charge is -2.20. The molecule has 2 aliphatic rings. The number of nitrogens with zero attached hydrogens (tertiary/aromatic N) is 2. The first kappa shape index (κ1) is 23.4. The van der Waals surface area contributed by atoms with E-state index in [0.29, 0.717) is 41.8 Å². The van der Waals surface area contributed by atoms with Crippen molar-refractivity contribution >= 4 is 21.6 Å². The van der Waals surface area contributed by atoms with E-state index in [-0.39, 0.29) is 19.1 Å². The quantitative estimate of drug-likeness (QED) is 0.526. The summed E-state index contributed by atoms with van der Waals surface area (Å²) in [5.41, 5.74) is 2.03. The van der Waals surface area contributed by atoms with Crippen molar-refractivity contribution in [1.29, 1.82) is 0 Å². The van der Waals surface area contributed by atoms with Crippen molar-refractivity contribution in [1.82, 2.24) is 4.31 Å².